The van der Waals surface area contributed by atoms with E-state index in [0.29, 0.717) is 55.0 Å². The van der Waals surface area contributed by atoms with Gasteiger partial charge in [-0.3, -0.25) is 4.79 Å². The lowest BCUT2D eigenvalue weighted by Gasteiger charge is -2.33. The van der Waals surface area contributed by atoms with Gasteiger partial charge in [0.25, 0.3) is 17.7 Å². The highest BCUT2D eigenvalue weighted by atomic mass is 19.4. The second-order valence-electron chi connectivity index (χ2n) is 13.9. The third-order valence-electron chi connectivity index (χ3n) is 10.0. The largest absolute Gasteiger partial charge is 0.463 e. The van der Waals surface area contributed by atoms with Gasteiger partial charge < -0.3 is 24.7 Å². The molecule has 0 aromatic heterocycles. The predicted octanol–water partition coefficient (Wildman–Crippen LogP) is 8.99. The number of nitrogens with zero attached hydrogens (tertiary/aromatic N) is 2. The van der Waals surface area contributed by atoms with Crippen molar-refractivity contribution in [2.75, 3.05) is 22.9 Å². The van der Waals surface area contributed by atoms with E-state index in [1.165, 1.54) is 12.1 Å². The molecule has 61 heavy (non-hydrogen) atoms. The summed E-state index contributed by atoms with van der Waals surface area (Å²) in [6.45, 7) is 2.52. The number of aliphatic hydroxyl groups is 2. The zero-order chi connectivity index (χ0) is 45.4. The molecule has 6 rings (SSSR count). The lowest BCUT2D eigenvalue weighted by molar-refractivity contribution is -0.376. The molecule has 4 aromatic carbocycles. The second kappa shape index (κ2) is 19.0. The number of hydrogen-bond acceptors (Lipinski definition) is 8. The molecule has 0 spiro atoms. The van der Waals surface area contributed by atoms with E-state index in [0.717, 1.165) is 72.4 Å². The molecule has 0 saturated heterocycles. The molecule has 8 nitrogen and oxygen atoms in total. The summed E-state index contributed by atoms with van der Waals surface area (Å²) in [7, 11) is 0. The van der Waals surface area contributed by atoms with Gasteiger partial charge >= 0.3 is 30.9 Å². The zero-order valence-electron chi connectivity index (χ0n) is 31.6. The lowest BCUT2D eigenvalue weighted by Crippen LogP contribution is -2.53. The lowest BCUT2D eigenvalue weighted by atomic mass is 9.91. The van der Waals surface area contributed by atoms with Crippen molar-refractivity contribution in [2.24, 2.45) is 0 Å². The van der Waals surface area contributed by atoms with Gasteiger partial charge in [-0.1, -0.05) is 78.9 Å². The number of anilines is 2. The van der Waals surface area contributed by atoms with Crippen LogP contribution < -0.4 is 9.80 Å². The first-order valence-corrected chi connectivity index (χ1v) is 18.1. The van der Waals surface area contributed by atoms with Gasteiger partial charge in [-0.25, -0.2) is 0 Å². The highest BCUT2D eigenvalue weighted by Gasteiger charge is 2.72. The summed E-state index contributed by atoms with van der Waals surface area (Å²) in [5, 5.41) is 18.9. The van der Waals surface area contributed by atoms with E-state index in [1.54, 1.807) is 6.07 Å². The number of rotatable bonds is 9. The average Bonchev–Trinajstić information content (AvgIpc) is 3.19. The number of benzene rings is 4. The first-order valence-electron chi connectivity index (χ1n) is 18.1. The monoisotopic (exact) mass is 880 g/mol. The van der Waals surface area contributed by atoms with Crippen LogP contribution in [-0.4, -0.2) is 60.6 Å². The van der Waals surface area contributed by atoms with Crippen LogP contribution in [0, 0.1) is 0 Å². The maximum absolute atomic E-state index is 13.0. The van der Waals surface area contributed by atoms with Crippen molar-refractivity contribution in [3.8, 4) is 0 Å². The molecule has 20 heteroatoms. The number of para-hydroxylation sites is 1. The Hall–Kier alpha value is -5.59. The summed E-state index contributed by atoms with van der Waals surface area (Å²) in [5.74, 6) is 0. The molecule has 0 amide bonds. The number of carbonyl (C=O) groups excluding carboxylic acids is 3. The van der Waals surface area contributed by atoms with E-state index in [2.05, 4.69) is 0 Å². The van der Waals surface area contributed by atoms with Crippen LogP contribution in [0.2, 0.25) is 0 Å². The van der Waals surface area contributed by atoms with Crippen molar-refractivity contribution in [3.05, 3.63) is 130 Å². The first-order chi connectivity index (χ1) is 28.4. The fourth-order valence-electron chi connectivity index (χ4n) is 7.01. The van der Waals surface area contributed by atoms with Crippen LogP contribution in [-0.2, 0) is 62.9 Å². The minimum atomic E-state index is -5.91. The number of aryl methyl sites for hydroxylation is 2. The molecule has 0 aliphatic carbocycles. The zero-order valence-corrected chi connectivity index (χ0v) is 31.6. The Labute approximate surface area is 339 Å². The second-order valence-corrected chi connectivity index (χ2v) is 13.9. The van der Waals surface area contributed by atoms with Crippen molar-refractivity contribution in [1.29, 1.82) is 0 Å². The fraction of sp³-hybridized carbons (Fsp3) is 0.366. The normalized spacial score (nSPS) is 14.6. The topological polar surface area (TPSA) is 107 Å². The number of carbonyl (C=O) groups is 1. The molecule has 0 atom stereocenters. The first kappa shape index (κ1) is 48.1. The number of fused-ring (bicyclic) bond motifs is 2. The summed E-state index contributed by atoms with van der Waals surface area (Å²) < 4.78 is 161. The van der Waals surface area contributed by atoms with Gasteiger partial charge in [0.1, 0.15) is 6.61 Å². The van der Waals surface area contributed by atoms with E-state index < -0.39 is 47.0 Å². The molecule has 0 unspecified atom stereocenters. The number of hydrogen-bond donors (Lipinski definition) is 2. The van der Waals surface area contributed by atoms with Crippen LogP contribution in [0.25, 0.3) is 0 Å². The van der Waals surface area contributed by atoms with Crippen LogP contribution >= 0.6 is 0 Å². The Bertz CT molecular complexity index is 2080. The summed E-state index contributed by atoms with van der Waals surface area (Å²) in [4.78, 5) is 30.6. The third-order valence-corrected chi connectivity index (χ3v) is 10.0. The van der Waals surface area contributed by atoms with E-state index in [1.807, 2.05) is 46.2 Å². The van der Waals surface area contributed by atoms with E-state index in [-0.39, 0.29) is 19.3 Å². The van der Waals surface area contributed by atoms with Crippen molar-refractivity contribution >= 4 is 24.0 Å². The van der Waals surface area contributed by atoms with Crippen molar-refractivity contribution in [3.63, 3.8) is 0 Å². The minimum absolute atomic E-state index is 0.138. The van der Waals surface area contributed by atoms with Gasteiger partial charge in [0.05, 0.1) is 0 Å². The molecule has 0 fully saturated rings. The molecule has 0 bridgehead atoms. The average molecular weight is 881 g/mol. The van der Waals surface area contributed by atoms with Crippen LogP contribution in [0.1, 0.15) is 51.8 Å². The molecule has 2 aliphatic heterocycles. The Kier molecular flexibility index (Phi) is 15.0. The molecule has 0 saturated carbocycles. The smallest absolute Gasteiger partial charge is 0.430 e. The minimum Gasteiger partial charge on any atom is -0.463 e. The highest BCUT2D eigenvalue weighted by molar-refractivity contribution is 5.58. The predicted molar refractivity (Wildman–Crippen MR) is 192 cm³/mol. The number of ether oxygens (including phenoxy) is 1. The Morgan fingerprint density at radius 2 is 0.934 bits per heavy atom. The quantitative estimate of drug-likeness (QED) is 0.127. The maximum Gasteiger partial charge on any atom is 0.430 e. The fourth-order valence-corrected chi connectivity index (χ4v) is 7.01. The van der Waals surface area contributed by atoms with Gasteiger partial charge in [0, 0.05) is 48.7 Å². The molecule has 330 valence electrons. The summed E-state index contributed by atoms with van der Waals surface area (Å²) in [5.41, 5.74) is -6.41. The van der Waals surface area contributed by atoms with E-state index in [4.69, 9.17) is 14.3 Å². The number of alkyl halides is 12. The van der Waals surface area contributed by atoms with Crippen molar-refractivity contribution in [1.82, 2.24) is 0 Å². The maximum atomic E-state index is 13.0. The van der Waals surface area contributed by atoms with Gasteiger partial charge in [0.15, 0.2) is 0 Å². The summed E-state index contributed by atoms with van der Waals surface area (Å²) in [6, 6.07) is 20.6. The molecule has 4 aromatic rings. The van der Waals surface area contributed by atoms with E-state index >= 15 is 0 Å². The van der Waals surface area contributed by atoms with Gasteiger partial charge in [-0.2, -0.15) is 62.3 Å². The van der Waals surface area contributed by atoms with Crippen LogP contribution in [0.4, 0.5) is 64.1 Å². The van der Waals surface area contributed by atoms with Crippen molar-refractivity contribution < 1.29 is 82.0 Å². The Balaban J connectivity index is 0.000000254. The van der Waals surface area contributed by atoms with Gasteiger partial charge in [0.2, 0.25) is 0 Å². The molecular weight excluding hydrogens is 844 g/mol. The molecule has 2 heterocycles. The summed E-state index contributed by atoms with van der Waals surface area (Å²) in [6.07, 6.45) is -19.9. The van der Waals surface area contributed by atoms with Crippen molar-refractivity contribution in [2.45, 2.75) is 81.3 Å². The van der Waals surface area contributed by atoms with Gasteiger partial charge in [-0.15, -0.1) is 0 Å². The van der Waals surface area contributed by atoms with Crippen LogP contribution in [0.3, 0.4) is 0 Å². The van der Waals surface area contributed by atoms with E-state index in [9.17, 15) is 67.7 Å². The standard InChI is InChI=1S/C21H19F6NO3.C19H17F6NO.CO2/c22-20(23,24)19(30,21(25,26)27)17-6-3-14(4-7-17)11-28-9-1-2-16-10-15(12-31-13-29)5-8-18(16)28;20-18(21,22)17(27,19(23,24)25)15-9-7-13(8-10-15)12-26-11-3-5-14-4-1-2-6-16(14)26;2-1-3/h3-8,10,13,30H,1-2,9,11-12H2;1-2,4,6-10,27H,3,5,11-12H2;. The molecule has 2 N–H and O–H groups in total. The SMILES string of the molecule is O=C=O.O=COCc1ccc2c(c1)CCCN2Cc1ccc(C(O)(C(F)(F)F)C(F)(F)F)cc1.OC(c1ccc(CN2CCCc3ccccc32)cc1)(C(F)(F)F)C(F)(F)F. The molecule has 2 aliphatic rings. The molecule has 0 radical (unpaired) electrons. The van der Waals surface area contributed by atoms with Gasteiger partial charge in [-0.05, 0) is 65.6 Å². The highest BCUT2D eigenvalue weighted by Crippen LogP contribution is 2.51. The third kappa shape index (κ3) is 10.7. The molecular formula is C41H36F12N2O6. The van der Waals surface area contributed by atoms with Crippen LogP contribution in [0.5, 0.6) is 0 Å². The Morgan fingerprint density at radius 1 is 0.557 bits per heavy atom. The summed E-state index contributed by atoms with van der Waals surface area (Å²) >= 11 is 0. The Morgan fingerprint density at radius 3 is 1.34 bits per heavy atom. The number of halogens is 12. The van der Waals surface area contributed by atoms with Crippen LogP contribution in [0.15, 0.2) is 91.0 Å².